The van der Waals surface area contributed by atoms with Gasteiger partial charge in [0.05, 0.1) is 5.92 Å². The molecule has 20 heavy (non-hydrogen) atoms. The predicted molar refractivity (Wildman–Crippen MR) is 72.4 cm³/mol. The van der Waals surface area contributed by atoms with Gasteiger partial charge in [0.15, 0.2) is 0 Å². The van der Waals surface area contributed by atoms with Crippen LogP contribution in [0.15, 0.2) is 24.3 Å². The lowest BCUT2D eigenvalue weighted by Crippen LogP contribution is -2.51. The van der Waals surface area contributed by atoms with Gasteiger partial charge in [-0.25, -0.2) is 4.39 Å². The summed E-state index contributed by atoms with van der Waals surface area (Å²) in [5.41, 5.74) is 0.0410. The standard InChI is InChI=1S/C16H18FNO2/c17-12-7-3-2-6-11(12)14-15(20)18-13(19)10-16(14)8-4-1-5-9-16/h2-3,6-7,14H,1,4-5,8-10H2,(H,18,19,20). The zero-order valence-electron chi connectivity index (χ0n) is 11.3. The Hall–Kier alpha value is -1.71. The Morgan fingerprint density at radius 1 is 1.10 bits per heavy atom. The van der Waals surface area contributed by atoms with Crippen molar-refractivity contribution in [3.63, 3.8) is 0 Å². The van der Waals surface area contributed by atoms with E-state index in [1.165, 1.54) is 6.07 Å². The molecule has 2 fully saturated rings. The monoisotopic (exact) mass is 275 g/mol. The molecule has 0 radical (unpaired) electrons. The van der Waals surface area contributed by atoms with Crippen molar-refractivity contribution in [2.45, 2.75) is 44.4 Å². The van der Waals surface area contributed by atoms with Crippen LogP contribution in [0.5, 0.6) is 0 Å². The number of carbonyl (C=O) groups excluding carboxylic acids is 2. The largest absolute Gasteiger partial charge is 0.296 e. The van der Waals surface area contributed by atoms with Crippen molar-refractivity contribution in [2.24, 2.45) is 5.41 Å². The molecule has 1 aromatic rings. The van der Waals surface area contributed by atoms with Gasteiger partial charge in [-0.1, -0.05) is 37.5 Å². The summed E-state index contributed by atoms with van der Waals surface area (Å²) in [6, 6.07) is 6.43. The van der Waals surface area contributed by atoms with Crippen LogP contribution in [0.25, 0.3) is 0 Å². The molecule has 3 nitrogen and oxygen atoms in total. The molecule has 1 aliphatic heterocycles. The van der Waals surface area contributed by atoms with Crippen molar-refractivity contribution in [2.75, 3.05) is 0 Å². The number of carbonyl (C=O) groups is 2. The Morgan fingerprint density at radius 2 is 1.80 bits per heavy atom. The first-order chi connectivity index (χ1) is 9.62. The van der Waals surface area contributed by atoms with Crippen LogP contribution in [0.4, 0.5) is 4.39 Å². The average molecular weight is 275 g/mol. The SMILES string of the molecule is O=C1CC2(CCCCC2)C(c2ccccc2F)C(=O)N1. The quantitative estimate of drug-likeness (QED) is 0.801. The Morgan fingerprint density at radius 3 is 2.50 bits per heavy atom. The molecule has 2 aliphatic rings. The lowest BCUT2D eigenvalue weighted by Gasteiger charge is -2.45. The summed E-state index contributed by atoms with van der Waals surface area (Å²) in [6.07, 6.45) is 5.12. The minimum absolute atomic E-state index is 0.218. The summed E-state index contributed by atoms with van der Waals surface area (Å²) in [4.78, 5) is 24.1. The van der Waals surface area contributed by atoms with Gasteiger partial charge in [0.25, 0.3) is 0 Å². The minimum atomic E-state index is -0.540. The van der Waals surface area contributed by atoms with Crippen LogP contribution in [0, 0.1) is 11.2 Å². The molecule has 1 saturated carbocycles. The van der Waals surface area contributed by atoms with Crippen molar-refractivity contribution in [1.82, 2.24) is 5.32 Å². The van der Waals surface area contributed by atoms with Gasteiger partial charge < -0.3 is 0 Å². The highest BCUT2D eigenvalue weighted by molar-refractivity contribution is 6.02. The third kappa shape index (κ3) is 2.13. The summed E-state index contributed by atoms with van der Waals surface area (Å²) < 4.78 is 14.1. The van der Waals surface area contributed by atoms with E-state index in [1.54, 1.807) is 18.2 Å². The Kier molecular flexibility index (Phi) is 3.32. The van der Waals surface area contributed by atoms with Crippen LogP contribution in [0.3, 0.4) is 0 Å². The first-order valence-electron chi connectivity index (χ1n) is 7.20. The van der Waals surface area contributed by atoms with Crippen LogP contribution >= 0.6 is 0 Å². The second-order valence-corrected chi connectivity index (χ2v) is 5.97. The van der Waals surface area contributed by atoms with Gasteiger partial charge in [0, 0.05) is 12.0 Å². The fourth-order valence-electron chi connectivity index (χ4n) is 3.86. The van der Waals surface area contributed by atoms with E-state index >= 15 is 0 Å². The van der Waals surface area contributed by atoms with Crippen molar-refractivity contribution < 1.29 is 14.0 Å². The maximum atomic E-state index is 14.1. The number of rotatable bonds is 1. The molecule has 106 valence electrons. The summed E-state index contributed by atoms with van der Waals surface area (Å²) in [7, 11) is 0. The van der Waals surface area contributed by atoms with Gasteiger partial charge >= 0.3 is 0 Å². The smallest absolute Gasteiger partial charge is 0.234 e. The minimum Gasteiger partial charge on any atom is -0.296 e. The lowest BCUT2D eigenvalue weighted by atomic mass is 9.60. The number of piperidine rings is 1. The van der Waals surface area contributed by atoms with E-state index in [9.17, 15) is 14.0 Å². The van der Waals surface area contributed by atoms with Gasteiger partial charge in [-0.3, -0.25) is 14.9 Å². The Balaban J connectivity index is 2.06. The number of halogens is 1. The van der Waals surface area contributed by atoms with Gasteiger partial charge in [-0.05, 0) is 24.3 Å². The molecule has 1 unspecified atom stereocenters. The van der Waals surface area contributed by atoms with Crippen LogP contribution in [0.2, 0.25) is 0 Å². The highest BCUT2D eigenvalue weighted by atomic mass is 19.1. The van der Waals surface area contributed by atoms with Crippen molar-refractivity contribution in [1.29, 1.82) is 0 Å². The molecule has 0 bridgehead atoms. The number of imide groups is 1. The zero-order chi connectivity index (χ0) is 14.2. The molecule has 1 aromatic carbocycles. The maximum absolute atomic E-state index is 14.1. The highest BCUT2D eigenvalue weighted by Crippen LogP contribution is 2.51. The molecule has 3 rings (SSSR count). The fraction of sp³-hybridized carbons (Fsp3) is 0.500. The second-order valence-electron chi connectivity index (χ2n) is 5.97. The second kappa shape index (κ2) is 5.00. The molecule has 0 aromatic heterocycles. The molecule has 1 atom stereocenters. The maximum Gasteiger partial charge on any atom is 0.234 e. The Bertz CT molecular complexity index is 549. The normalized spacial score (nSPS) is 25.6. The summed E-state index contributed by atoms with van der Waals surface area (Å²) >= 11 is 0. The van der Waals surface area contributed by atoms with E-state index in [2.05, 4.69) is 5.32 Å². The number of hydrogen-bond donors (Lipinski definition) is 1. The third-order valence-corrected chi connectivity index (χ3v) is 4.72. The van der Waals surface area contributed by atoms with Crippen LogP contribution in [0.1, 0.15) is 50.0 Å². The van der Waals surface area contributed by atoms with Crippen LogP contribution in [-0.2, 0) is 9.59 Å². The zero-order valence-corrected chi connectivity index (χ0v) is 11.3. The van der Waals surface area contributed by atoms with Gasteiger partial charge in [0.2, 0.25) is 11.8 Å². The number of benzene rings is 1. The molecule has 4 heteroatoms. The van der Waals surface area contributed by atoms with Gasteiger partial charge in [0.1, 0.15) is 5.82 Å². The van der Waals surface area contributed by atoms with Crippen molar-refractivity contribution >= 4 is 11.8 Å². The molecular formula is C16H18FNO2. The number of nitrogens with one attached hydrogen (secondary N) is 1. The molecular weight excluding hydrogens is 257 g/mol. The lowest BCUT2D eigenvalue weighted by molar-refractivity contribution is -0.141. The van der Waals surface area contributed by atoms with Gasteiger partial charge in [-0.15, -0.1) is 0 Å². The average Bonchev–Trinajstić information content (AvgIpc) is 2.41. The van der Waals surface area contributed by atoms with E-state index in [4.69, 9.17) is 0 Å². The van der Waals surface area contributed by atoms with E-state index in [-0.39, 0.29) is 23.0 Å². The molecule has 1 heterocycles. The molecule has 1 N–H and O–H groups in total. The summed E-state index contributed by atoms with van der Waals surface area (Å²) in [5.74, 6) is -1.45. The number of hydrogen-bond acceptors (Lipinski definition) is 2. The predicted octanol–water partition coefficient (Wildman–Crippen LogP) is 2.91. The first kappa shape index (κ1) is 13.3. The Labute approximate surface area is 117 Å². The van der Waals surface area contributed by atoms with E-state index in [1.807, 2.05) is 0 Å². The first-order valence-corrected chi connectivity index (χ1v) is 7.20. The summed E-state index contributed by atoms with van der Waals surface area (Å²) in [6.45, 7) is 0. The molecule has 1 saturated heterocycles. The van der Waals surface area contributed by atoms with E-state index in [0.717, 1.165) is 32.1 Å². The number of amides is 2. The fourth-order valence-corrected chi connectivity index (χ4v) is 3.86. The molecule has 2 amide bonds. The highest BCUT2D eigenvalue weighted by Gasteiger charge is 2.50. The topological polar surface area (TPSA) is 46.2 Å². The summed E-state index contributed by atoms with van der Waals surface area (Å²) in [5, 5.41) is 2.38. The van der Waals surface area contributed by atoms with E-state index < -0.39 is 5.92 Å². The van der Waals surface area contributed by atoms with Gasteiger partial charge in [-0.2, -0.15) is 0 Å². The van der Waals surface area contributed by atoms with Crippen LogP contribution in [-0.4, -0.2) is 11.8 Å². The van der Waals surface area contributed by atoms with Crippen LogP contribution < -0.4 is 5.32 Å². The van der Waals surface area contributed by atoms with Crippen molar-refractivity contribution in [3.8, 4) is 0 Å². The van der Waals surface area contributed by atoms with Crippen molar-refractivity contribution in [3.05, 3.63) is 35.6 Å². The molecule has 1 spiro atoms. The third-order valence-electron chi connectivity index (χ3n) is 4.72. The van der Waals surface area contributed by atoms with E-state index in [0.29, 0.717) is 12.0 Å². The molecule has 1 aliphatic carbocycles.